The quantitative estimate of drug-likeness (QED) is 0.680. The molecular weight excluding hydrogens is 347 g/mol. The number of halogens is 3. The van der Waals surface area contributed by atoms with Crippen molar-refractivity contribution in [2.45, 2.75) is 25.7 Å². The number of aryl methyl sites for hydroxylation is 1. The number of aromatic amines is 1. The van der Waals surface area contributed by atoms with Gasteiger partial charge < -0.3 is 9.72 Å². The number of hydrogen-bond acceptors (Lipinski definition) is 5. The summed E-state index contributed by atoms with van der Waals surface area (Å²) in [4.78, 5) is 11.3. The average Bonchev–Trinajstić information content (AvgIpc) is 3.04. The number of rotatable bonds is 5. The molecule has 0 aliphatic heterocycles. The van der Waals surface area contributed by atoms with Crippen LogP contribution in [0.4, 0.5) is 13.2 Å². The fourth-order valence-corrected chi connectivity index (χ4v) is 2.56. The van der Waals surface area contributed by atoms with Crippen LogP contribution in [0.2, 0.25) is 0 Å². The summed E-state index contributed by atoms with van der Waals surface area (Å²) in [5.74, 6) is -0.218. The smallest absolute Gasteiger partial charge is 0.279 e. The van der Waals surface area contributed by atoms with Gasteiger partial charge in [-0.05, 0) is 13.0 Å². The van der Waals surface area contributed by atoms with Crippen molar-refractivity contribution in [3.8, 4) is 23.2 Å². The highest BCUT2D eigenvalue weighted by atomic mass is 19.3. The van der Waals surface area contributed by atoms with Gasteiger partial charge in [-0.2, -0.15) is 5.26 Å². The van der Waals surface area contributed by atoms with Gasteiger partial charge in [0.05, 0.1) is 23.0 Å². The predicted molar refractivity (Wildman–Crippen MR) is 88.3 cm³/mol. The van der Waals surface area contributed by atoms with Gasteiger partial charge in [-0.25, -0.2) is 23.1 Å². The van der Waals surface area contributed by atoms with Crippen molar-refractivity contribution < 1.29 is 17.9 Å². The minimum absolute atomic E-state index is 0.208. The van der Waals surface area contributed by atoms with Crippen LogP contribution in [0.1, 0.15) is 11.3 Å². The molecule has 3 N–H and O–H groups in total. The molecular formula is C17H14F3N5O. The van der Waals surface area contributed by atoms with Crippen molar-refractivity contribution in [1.82, 2.24) is 15.0 Å². The third-order valence-corrected chi connectivity index (χ3v) is 3.82. The highest BCUT2D eigenvalue weighted by molar-refractivity contribution is 5.97. The molecule has 3 rings (SSSR count). The first-order chi connectivity index (χ1) is 12.4. The van der Waals surface area contributed by atoms with Crippen LogP contribution in [-0.4, -0.2) is 33.8 Å². The molecule has 0 saturated heterocycles. The number of nitriles is 1. The van der Waals surface area contributed by atoms with Crippen molar-refractivity contribution >= 4 is 10.9 Å². The SMILES string of the molecule is Cc1nc(-c2c[nH]c3c(C#N)cccc23)cnc1OC(C(N)F)C(F)F. The van der Waals surface area contributed by atoms with E-state index in [9.17, 15) is 13.2 Å². The molecule has 2 aromatic heterocycles. The molecule has 6 nitrogen and oxygen atoms in total. The summed E-state index contributed by atoms with van der Waals surface area (Å²) in [6, 6.07) is 7.33. The number of ether oxygens (including phenoxy) is 1. The normalized spacial score (nSPS) is 13.6. The molecule has 134 valence electrons. The van der Waals surface area contributed by atoms with Crippen molar-refractivity contribution in [3.05, 3.63) is 41.9 Å². The van der Waals surface area contributed by atoms with E-state index in [0.29, 0.717) is 22.3 Å². The van der Waals surface area contributed by atoms with E-state index < -0.39 is 18.8 Å². The number of fused-ring (bicyclic) bond motifs is 1. The van der Waals surface area contributed by atoms with Crippen molar-refractivity contribution in [2.24, 2.45) is 5.73 Å². The lowest BCUT2D eigenvalue weighted by atomic mass is 10.1. The van der Waals surface area contributed by atoms with Crippen LogP contribution >= 0.6 is 0 Å². The first-order valence-corrected chi connectivity index (χ1v) is 7.61. The second kappa shape index (κ2) is 7.01. The first kappa shape index (κ1) is 17.7. The Morgan fingerprint density at radius 2 is 2.08 bits per heavy atom. The van der Waals surface area contributed by atoms with Crippen molar-refractivity contribution in [2.75, 3.05) is 0 Å². The van der Waals surface area contributed by atoms with E-state index in [1.165, 1.54) is 13.1 Å². The zero-order valence-corrected chi connectivity index (χ0v) is 13.6. The lowest BCUT2D eigenvalue weighted by Crippen LogP contribution is -2.41. The summed E-state index contributed by atoms with van der Waals surface area (Å²) in [6.45, 7) is 1.51. The summed E-state index contributed by atoms with van der Waals surface area (Å²) in [5.41, 5.74) is 7.37. The number of H-pyrrole nitrogens is 1. The highest BCUT2D eigenvalue weighted by Crippen LogP contribution is 2.30. The monoisotopic (exact) mass is 361 g/mol. The van der Waals surface area contributed by atoms with Gasteiger partial charge in [0.1, 0.15) is 11.8 Å². The lowest BCUT2D eigenvalue weighted by molar-refractivity contribution is -0.0334. The molecule has 9 heteroatoms. The van der Waals surface area contributed by atoms with E-state index in [1.54, 1.807) is 18.3 Å². The van der Waals surface area contributed by atoms with Gasteiger partial charge in [-0.15, -0.1) is 0 Å². The van der Waals surface area contributed by atoms with E-state index in [-0.39, 0.29) is 11.6 Å². The fourth-order valence-electron chi connectivity index (χ4n) is 2.56. The summed E-state index contributed by atoms with van der Waals surface area (Å²) >= 11 is 0. The maximum absolute atomic E-state index is 13.1. The Kier molecular flexibility index (Phi) is 4.77. The Morgan fingerprint density at radius 3 is 2.69 bits per heavy atom. The highest BCUT2D eigenvalue weighted by Gasteiger charge is 2.30. The van der Waals surface area contributed by atoms with Crippen LogP contribution in [-0.2, 0) is 0 Å². The summed E-state index contributed by atoms with van der Waals surface area (Å²) in [6.07, 6.45) is -4.58. The molecule has 2 atom stereocenters. The molecule has 0 saturated carbocycles. The van der Waals surface area contributed by atoms with Crippen LogP contribution in [0.5, 0.6) is 5.88 Å². The summed E-state index contributed by atoms with van der Waals surface area (Å²) in [5, 5.41) is 9.92. The van der Waals surface area contributed by atoms with E-state index in [1.807, 2.05) is 6.07 Å². The van der Waals surface area contributed by atoms with Crippen LogP contribution in [0.15, 0.2) is 30.6 Å². The van der Waals surface area contributed by atoms with Gasteiger partial charge in [0.2, 0.25) is 12.0 Å². The second-order valence-electron chi connectivity index (χ2n) is 5.55. The Hall–Kier alpha value is -3.12. The molecule has 0 aliphatic rings. The third kappa shape index (κ3) is 3.19. The van der Waals surface area contributed by atoms with Crippen LogP contribution in [0.3, 0.4) is 0 Å². The molecule has 2 heterocycles. The predicted octanol–water partition coefficient (Wildman–Crippen LogP) is 3.07. The van der Waals surface area contributed by atoms with Crippen LogP contribution < -0.4 is 10.5 Å². The van der Waals surface area contributed by atoms with Gasteiger partial charge in [0, 0.05) is 17.1 Å². The first-order valence-electron chi connectivity index (χ1n) is 7.61. The molecule has 0 spiro atoms. The fraction of sp³-hybridized carbons (Fsp3) is 0.235. The largest absolute Gasteiger partial charge is 0.462 e. The number of nitrogens with zero attached hydrogens (tertiary/aromatic N) is 3. The molecule has 0 fully saturated rings. The molecule has 0 amide bonds. The number of nitrogens with one attached hydrogen (secondary N) is 1. The molecule has 2 unspecified atom stereocenters. The van der Waals surface area contributed by atoms with Crippen LogP contribution in [0, 0.1) is 18.3 Å². The minimum atomic E-state index is -3.10. The van der Waals surface area contributed by atoms with E-state index in [4.69, 9.17) is 15.7 Å². The summed E-state index contributed by atoms with van der Waals surface area (Å²) < 4.78 is 43.6. The van der Waals surface area contributed by atoms with Gasteiger partial charge in [0.25, 0.3) is 6.43 Å². The third-order valence-electron chi connectivity index (χ3n) is 3.82. The molecule has 0 aliphatic carbocycles. The Balaban J connectivity index is 1.97. The van der Waals surface area contributed by atoms with Crippen molar-refractivity contribution in [1.29, 1.82) is 5.26 Å². The number of benzene rings is 1. The average molecular weight is 361 g/mol. The molecule has 3 aromatic rings. The zero-order valence-electron chi connectivity index (χ0n) is 13.6. The molecule has 0 bridgehead atoms. The topological polar surface area (TPSA) is 101 Å². The van der Waals surface area contributed by atoms with Crippen LogP contribution in [0.25, 0.3) is 22.2 Å². The Labute approximate surface area is 146 Å². The maximum atomic E-state index is 13.1. The van der Waals surface area contributed by atoms with E-state index in [2.05, 4.69) is 21.0 Å². The number of alkyl halides is 3. The number of para-hydroxylation sites is 1. The van der Waals surface area contributed by atoms with E-state index >= 15 is 0 Å². The van der Waals surface area contributed by atoms with Gasteiger partial charge in [-0.3, -0.25) is 5.73 Å². The summed E-state index contributed by atoms with van der Waals surface area (Å²) in [7, 11) is 0. The Bertz CT molecular complexity index is 972. The van der Waals surface area contributed by atoms with E-state index in [0.717, 1.165) is 5.39 Å². The standard InChI is InChI=1S/C17H14F3N5O/c1-8-17(26-14(15(18)19)16(20)22)24-7-12(25-8)11-6-23-13-9(5-21)3-2-4-10(11)13/h2-4,6-7,14-16,23H,22H2,1H3. The second-order valence-corrected chi connectivity index (χ2v) is 5.55. The van der Waals surface area contributed by atoms with Crippen molar-refractivity contribution in [3.63, 3.8) is 0 Å². The minimum Gasteiger partial charge on any atom is -0.462 e. The number of nitrogens with two attached hydrogens (primary N) is 1. The Morgan fingerprint density at radius 1 is 1.31 bits per heavy atom. The molecule has 1 aromatic carbocycles. The zero-order chi connectivity index (χ0) is 18.8. The van der Waals surface area contributed by atoms with Gasteiger partial charge in [-0.1, -0.05) is 12.1 Å². The number of hydrogen-bond donors (Lipinski definition) is 2. The van der Waals surface area contributed by atoms with Gasteiger partial charge in [0.15, 0.2) is 6.30 Å². The lowest BCUT2D eigenvalue weighted by Gasteiger charge is -2.19. The molecule has 26 heavy (non-hydrogen) atoms. The van der Waals surface area contributed by atoms with Gasteiger partial charge >= 0.3 is 0 Å². The molecule has 0 radical (unpaired) electrons. The number of aromatic nitrogens is 3. The maximum Gasteiger partial charge on any atom is 0.279 e.